The number of ether oxygens (including phenoxy) is 1. The van der Waals surface area contributed by atoms with Crippen LogP contribution in [0.1, 0.15) is 16.7 Å². The van der Waals surface area contributed by atoms with Crippen molar-refractivity contribution in [2.75, 3.05) is 7.11 Å². The summed E-state index contributed by atoms with van der Waals surface area (Å²) < 4.78 is 5.26. The molecule has 2 aromatic carbocycles. The van der Waals surface area contributed by atoms with Gasteiger partial charge in [-0.05, 0) is 42.8 Å². The molecule has 0 atom stereocenters. The summed E-state index contributed by atoms with van der Waals surface area (Å²) in [4.78, 5) is 11.7. The highest BCUT2D eigenvalue weighted by atomic mass is 35.5. The van der Waals surface area contributed by atoms with Gasteiger partial charge < -0.3 is 9.84 Å². The van der Waals surface area contributed by atoms with Gasteiger partial charge in [-0.3, -0.25) is 0 Å². The van der Waals surface area contributed by atoms with Crippen molar-refractivity contribution in [3.05, 3.63) is 63.1 Å². The van der Waals surface area contributed by atoms with Crippen molar-refractivity contribution in [2.45, 2.75) is 6.92 Å². The second-order valence-electron chi connectivity index (χ2n) is 4.73. The van der Waals surface area contributed by atoms with Crippen LogP contribution >= 0.6 is 23.2 Å². The van der Waals surface area contributed by atoms with E-state index in [0.29, 0.717) is 26.9 Å². The molecule has 5 heteroatoms. The van der Waals surface area contributed by atoms with Gasteiger partial charge in [0, 0.05) is 15.6 Å². The molecule has 0 bridgehead atoms. The molecule has 2 rings (SSSR count). The molecule has 114 valence electrons. The van der Waals surface area contributed by atoms with Crippen LogP contribution in [0.4, 0.5) is 0 Å². The Morgan fingerprint density at radius 2 is 1.91 bits per heavy atom. The summed E-state index contributed by atoms with van der Waals surface area (Å²) in [5.41, 5.74) is 2.11. The number of carbonyl (C=O) groups is 1. The lowest BCUT2D eigenvalue weighted by atomic mass is 10.00. The van der Waals surface area contributed by atoms with Crippen molar-refractivity contribution in [1.82, 2.24) is 0 Å². The monoisotopic (exact) mass is 336 g/mol. The number of aliphatic carboxylic acids is 1. The molecule has 0 heterocycles. The Labute approximate surface area is 138 Å². The van der Waals surface area contributed by atoms with Crippen LogP contribution in [0.15, 0.2) is 36.4 Å². The molecule has 0 saturated carbocycles. The van der Waals surface area contributed by atoms with Crippen LogP contribution < -0.4 is 4.74 Å². The van der Waals surface area contributed by atoms with Gasteiger partial charge in [0.25, 0.3) is 0 Å². The first-order valence-corrected chi connectivity index (χ1v) is 7.23. The van der Waals surface area contributed by atoms with Crippen LogP contribution in [-0.2, 0) is 4.79 Å². The molecule has 2 aromatic rings. The largest absolute Gasteiger partial charge is 0.496 e. The number of hydrogen-bond donors (Lipinski definition) is 1. The molecule has 3 nitrogen and oxygen atoms in total. The van der Waals surface area contributed by atoms with E-state index in [2.05, 4.69) is 0 Å². The molecule has 0 saturated heterocycles. The molecule has 0 aliphatic heterocycles. The predicted molar refractivity (Wildman–Crippen MR) is 89.7 cm³/mol. The van der Waals surface area contributed by atoms with E-state index < -0.39 is 5.97 Å². The third-order valence-corrected chi connectivity index (χ3v) is 3.70. The Morgan fingerprint density at radius 3 is 2.50 bits per heavy atom. The van der Waals surface area contributed by atoms with E-state index in [4.69, 9.17) is 27.9 Å². The van der Waals surface area contributed by atoms with E-state index in [9.17, 15) is 9.90 Å². The van der Waals surface area contributed by atoms with Gasteiger partial charge in [-0.2, -0.15) is 0 Å². The van der Waals surface area contributed by atoms with Gasteiger partial charge in [0.15, 0.2) is 0 Å². The SMILES string of the molecule is COc1ccc(C)cc1/C(=C/c1ccc(Cl)cc1Cl)C(=O)O. The molecule has 0 spiro atoms. The van der Waals surface area contributed by atoms with Crippen molar-refractivity contribution in [3.8, 4) is 5.75 Å². The highest BCUT2D eigenvalue weighted by Gasteiger charge is 2.16. The van der Waals surface area contributed by atoms with E-state index in [1.165, 1.54) is 13.2 Å². The van der Waals surface area contributed by atoms with Gasteiger partial charge in [-0.15, -0.1) is 0 Å². The van der Waals surface area contributed by atoms with Crippen LogP contribution in [0.25, 0.3) is 11.6 Å². The molecule has 0 aliphatic carbocycles. The lowest BCUT2D eigenvalue weighted by Gasteiger charge is -2.11. The maximum Gasteiger partial charge on any atom is 0.336 e. The zero-order chi connectivity index (χ0) is 16.3. The third-order valence-electron chi connectivity index (χ3n) is 3.14. The number of rotatable bonds is 4. The topological polar surface area (TPSA) is 46.5 Å². The third kappa shape index (κ3) is 3.62. The standard InChI is InChI=1S/C17H14Cl2O3/c1-10-3-6-16(22-2)13(7-10)14(17(20)21)8-11-4-5-12(18)9-15(11)19/h3-9H,1-2H3,(H,20,21)/b14-8-. The minimum absolute atomic E-state index is 0.102. The van der Waals surface area contributed by atoms with Crippen molar-refractivity contribution in [2.24, 2.45) is 0 Å². The van der Waals surface area contributed by atoms with Crippen molar-refractivity contribution in [1.29, 1.82) is 0 Å². The van der Waals surface area contributed by atoms with Crippen LogP contribution in [0.3, 0.4) is 0 Å². The summed E-state index contributed by atoms with van der Waals surface area (Å²) in [6.45, 7) is 1.89. The average Bonchev–Trinajstić information content (AvgIpc) is 2.46. The Balaban J connectivity index is 2.63. The van der Waals surface area contributed by atoms with Crippen LogP contribution in [0, 0.1) is 6.92 Å². The average molecular weight is 337 g/mol. The molecule has 0 radical (unpaired) electrons. The summed E-state index contributed by atoms with van der Waals surface area (Å²) >= 11 is 12.0. The molecular formula is C17H14Cl2O3. The van der Waals surface area contributed by atoms with E-state index in [0.717, 1.165) is 5.56 Å². The lowest BCUT2D eigenvalue weighted by Crippen LogP contribution is -2.02. The Hall–Kier alpha value is -1.97. The van der Waals surface area contributed by atoms with Gasteiger partial charge in [0.05, 0.1) is 12.7 Å². The van der Waals surface area contributed by atoms with Gasteiger partial charge in [0.1, 0.15) is 5.75 Å². The Bertz CT molecular complexity index is 752. The smallest absolute Gasteiger partial charge is 0.336 e. The zero-order valence-corrected chi connectivity index (χ0v) is 13.6. The number of carboxylic acids is 1. The first kappa shape index (κ1) is 16.4. The normalized spacial score (nSPS) is 11.4. The molecule has 22 heavy (non-hydrogen) atoms. The number of methoxy groups -OCH3 is 1. The van der Waals surface area contributed by atoms with E-state index >= 15 is 0 Å². The summed E-state index contributed by atoms with van der Waals surface area (Å²) in [5, 5.41) is 10.4. The minimum Gasteiger partial charge on any atom is -0.496 e. The molecule has 0 fully saturated rings. The molecule has 0 aliphatic rings. The van der Waals surface area contributed by atoms with Gasteiger partial charge in [-0.25, -0.2) is 4.79 Å². The highest BCUT2D eigenvalue weighted by molar-refractivity contribution is 6.36. The van der Waals surface area contributed by atoms with Crippen molar-refractivity contribution < 1.29 is 14.6 Å². The fraction of sp³-hybridized carbons (Fsp3) is 0.118. The van der Waals surface area contributed by atoms with Crippen LogP contribution in [0.5, 0.6) is 5.75 Å². The lowest BCUT2D eigenvalue weighted by molar-refractivity contribution is -0.130. The number of carboxylic acid groups (broad SMARTS) is 1. The minimum atomic E-state index is -1.06. The second kappa shape index (κ2) is 6.86. The quantitative estimate of drug-likeness (QED) is 0.635. The summed E-state index contributed by atoms with van der Waals surface area (Å²) in [6, 6.07) is 10.3. The Kier molecular flexibility index (Phi) is 5.11. The molecule has 0 unspecified atom stereocenters. The summed E-state index contributed by atoms with van der Waals surface area (Å²) in [5.74, 6) is -0.570. The number of hydrogen-bond acceptors (Lipinski definition) is 2. The first-order valence-electron chi connectivity index (χ1n) is 6.47. The van der Waals surface area contributed by atoms with Crippen LogP contribution in [0.2, 0.25) is 10.0 Å². The number of benzene rings is 2. The summed E-state index contributed by atoms with van der Waals surface area (Å²) in [6.07, 6.45) is 1.51. The van der Waals surface area contributed by atoms with E-state index in [1.807, 2.05) is 13.0 Å². The van der Waals surface area contributed by atoms with E-state index in [1.54, 1.807) is 30.3 Å². The maximum atomic E-state index is 11.7. The summed E-state index contributed by atoms with van der Waals surface area (Å²) in [7, 11) is 1.50. The fourth-order valence-electron chi connectivity index (χ4n) is 2.06. The maximum absolute atomic E-state index is 11.7. The highest BCUT2D eigenvalue weighted by Crippen LogP contribution is 2.31. The Morgan fingerprint density at radius 1 is 1.18 bits per heavy atom. The fourth-order valence-corrected chi connectivity index (χ4v) is 2.52. The number of halogens is 2. The zero-order valence-electron chi connectivity index (χ0n) is 12.1. The molecule has 1 N–H and O–H groups in total. The second-order valence-corrected chi connectivity index (χ2v) is 5.58. The molecule has 0 aromatic heterocycles. The van der Waals surface area contributed by atoms with Crippen molar-refractivity contribution >= 4 is 40.8 Å². The van der Waals surface area contributed by atoms with Crippen LogP contribution in [-0.4, -0.2) is 18.2 Å². The first-order chi connectivity index (χ1) is 10.4. The molecule has 0 amide bonds. The van der Waals surface area contributed by atoms with Gasteiger partial charge >= 0.3 is 5.97 Å². The van der Waals surface area contributed by atoms with Gasteiger partial charge in [-0.1, -0.05) is 40.9 Å². The van der Waals surface area contributed by atoms with E-state index in [-0.39, 0.29) is 5.57 Å². The number of aryl methyl sites for hydroxylation is 1. The van der Waals surface area contributed by atoms with Gasteiger partial charge in [0.2, 0.25) is 0 Å². The predicted octanol–water partition coefficient (Wildman–Crippen LogP) is 4.94. The molecular weight excluding hydrogens is 323 g/mol. The van der Waals surface area contributed by atoms with Crippen molar-refractivity contribution in [3.63, 3.8) is 0 Å².